The Bertz CT molecular complexity index is 423. The summed E-state index contributed by atoms with van der Waals surface area (Å²) in [5.74, 6) is -0.354. The van der Waals surface area contributed by atoms with Crippen molar-refractivity contribution in [2.24, 2.45) is 0 Å². The van der Waals surface area contributed by atoms with Gasteiger partial charge >= 0.3 is 6.03 Å². The molecule has 4 nitrogen and oxygen atoms in total. The molecular weight excluding hydrogens is 315 g/mol. The van der Waals surface area contributed by atoms with Gasteiger partial charge in [-0.05, 0) is 24.6 Å². The fraction of sp³-hybridized carbons (Fsp3) is 0.462. The van der Waals surface area contributed by atoms with Crippen molar-refractivity contribution in [2.45, 2.75) is 19.9 Å². The molecule has 0 atom stereocenters. The largest absolute Gasteiger partial charge is 0.395 e. The Morgan fingerprint density at radius 3 is 2.84 bits per heavy atom. The van der Waals surface area contributed by atoms with Gasteiger partial charge < -0.3 is 15.3 Å². The normalized spacial score (nSPS) is 10.3. The number of carbonyl (C=O) groups is 1. The molecule has 1 aromatic rings. The summed E-state index contributed by atoms with van der Waals surface area (Å²) in [5.41, 5.74) is 0.420. The quantitative estimate of drug-likeness (QED) is 0.840. The number of aliphatic hydroxyl groups is 1. The molecule has 0 saturated heterocycles. The smallest absolute Gasteiger partial charge is 0.317 e. The highest BCUT2D eigenvalue weighted by Gasteiger charge is 2.12. The van der Waals surface area contributed by atoms with Crippen LogP contribution in [-0.4, -0.2) is 35.7 Å². The van der Waals surface area contributed by atoms with Crippen LogP contribution in [-0.2, 0) is 6.54 Å². The summed E-state index contributed by atoms with van der Waals surface area (Å²) in [4.78, 5) is 13.4. The van der Waals surface area contributed by atoms with E-state index >= 15 is 0 Å². The third kappa shape index (κ3) is 5.16. The van der Waals surface area contributed by atoms with Crippen LogP contribution in [0.4, 0.5) is 9.18 Å². The molecule has 0 aliphatic rings. The fourth-order valence-electron chi connectivity index (χ4n) is 1.67. The van der Waals surface area contributed by atoms with Crippen LogP contribution in [0.25, 0.3) is 0 Å². The van der Waals surface area contributed by atoms with Crippen molar-refractivity contribution in [1.82, 2.24) is 10.2 Å². The van der Waals surface area contributed by atoms with E-state index in [1.165, 1.54) is 11.0 Å². The van der Waals surface area contributed by atoms with Gasteiger partial charge in [-0.25, -0.2) is 9.18 Å². The molecule has 0 aliphatic carbocycles. The molecule has 19 heavy (non-hydrogen) atoms. The molecule has 6 heteroatoms. The Morgan fingerprint density at radius 1 is 1.47 bits per heavy atom. The molecule has 2 amide bonds. The van der Waals surface area contributed by atoms with Crippen LogP contribution in [0.3, 0.4) is 0 Å². The lowest BCUT2D eigenvalue weighted by Gasteiger charge is -2.21. The third-order valence-electron chi connectivity index (χ3n) is 2.59. The van der Waals surface area contributed by atoms with Gasteiger partial charge in [0, 0.05) is 29.7 Å². The van der Waals surface area contributed by atoms with E-state index in [1.807, 2.05) is 6.92 Å². The van der Waals surface area contributed by atoms with Crippen molar-refractivity contribution in [1.29, 1.82) is 0 Å². The zero-order valence-electron chi connectivity index (χ0n) is 10.8. The van der Waals surface area contributed by atoms with E-state index < -0.39 is 0 Å². The van der Waals surface area contributed by atoms with E-state index in [4.69, 9.17) is 5.11 Å². The van der Waals surface area contributed by atoms with Crippen LogP contribution in [0.15, 0.2) is 22.7 Å². The van der Waals surface area contributed by atoms with Gasteiger partial charge in [-0.2, -0.15) is 0 Å². The Balaban J connectivity index is 2.59. The minimum absolute atomic E-state index is 0.0847. The standard InChI is InChI=1S/C13H18BrFN2O2/c1-2-5-17(6-7-18)13(19)16-9-10-8-11(14)3-4-12(10)15/h3-4,8,18H,2,5-7,9H2,1H3,(H,16,19). The topological polar surface area (TPSA) is 52.6 Å². The second-order valence-corrected chi connectivity index (χ2v) is 5.02. The summed E-state index contributed by atoms with van der Waals surface area (Å²) in [6, 6.07) is 4.29. The average Bonchev–Trinajstić information content (AvgIpc) is 2.39. The molecular formula is C13H18BrFN2O2. The second kappa shape index (κ2) is 8.12. The number of rotatable bonds is 6. The lowest BCUT2D eigenvalue weighted by atomic mass is 10.2. The predicted molar refractivity (Wildman–Crippen MR) is 75.3 cm³/mol. The highest BCUT2D eigenvalue weighted by atomic mass is 79.9. The van der Waals surface area contributed by atoms with Gasteiger partial charge in [-0.15, -0.1) is 0 Å². The average molecular weight is 333 g/mol. The van der Waals surface area contributed by atoms with E-state index in [0.29, 0.717) is 12.1 Å². The highest BCUT2D eigenvalue weighted by Crippen LogP contribution is 2.15. The molecule has 0 heterocycles. The van der Waals surface area contributed by atoms with Crippen LogP contribution in [0, 0.1) is 5.82 Å². The van der Waals surface area contributed by atoms with Crippen LogP contribution >= 0.6 is 15.9 Å². The number of carbonyl (C=O) groups excluding carboxylic acids is 1. The first-order valence-corrected chi connectivity index (χ1v) is 6.95. The van der Waals surface area contributed by atoms with Crippen LogP contribution in [0.2, 0.25) is 0 Å². The van der Waals surface area contributed by atoms with Gasteiger partial charge in [-0.3, -0.25) is 0 Å². The first kappa shape index (κ1) is 15.9. The summed E-state index contributed by atoms with van der Waals surface area (Å²) >= 11 is 3.26. The summed E-state index contributed by atoms with van der Waals surface area (Å²) < 4.78 is 14.3. The van der Waals surface area contributed by atoms with Crippen LogP contribution < -0.4 is 5.32 Å². The van der Waals surface area contributed by atoms with Crippen molar-refractivity contribution in [3.8, 4) is 0 Å². The molecule has 106 valence electrons. The molecule has 0 fully saturated rings. The molecule has 1 aromatic carbocycles. The highest BCUT2D eigenvalue weighted by molar-refractivity contribution is 9.10. The number of benzene rings is 1. The zero-order chi connectivity index (χ0) is 14.3. The lowest BCUT2D eigenvalue weighted by molar-refractivity contribution is 0.177. The van der Waals surface area contributed by atoms with Crippen molar-refractivity contribution < 1.29 is 14.3 Å². The first-order chi connectivity index (χ1) is 9.08. The number of hydrogen-bond acceptors (Lipinski definition) is 2. The summed E-state index contributed by atoms with van der Waals surface area (Å²) in [5, 5.41) is 11.5. The number of amides is 2. The second-order valence-electron chi connectivity index (χ2n) is 4.11. The fourth-order valence-corrected chi connectivity index (χ4v) is 2.08. The minimum Gasteiger partial charge on any atom is -0.395 e. The zero-order valence-corrected chi connectivity index (χ0v) is 12.4. The molecule has 0 unspecified atom stereocenters. The van der Waals surface area contributed by atoms with E-state index in [1.54, 1.807) is 12.1 Å². The molecule has 0 radical (unpaired) electrons. The van der Waals surface area contributed by atoms with Crippen molar-refractivity contribution >= 4 is 22.0 Å². The Labute approximate surface area is 120 Å². The molecule has 0 aliphatic heterocycles. The third-order valence-corrected chi connectivity index (χ3v) is 3.08. The molecule has 0 aromatic heterocycles. The van der Waals surface area contributed by atoms with Gasteiger partial charge in [0.1, 0.15) is 5.82 Å². The van der Waals surface area contributed by atoms with Crippen LogP contribution in [0.5, 0.6) is 0 Å². The number of urea groups is 1. The Hall–Kier alpha value is -1.14. The number of aliphatic hydroxyl groups excluding tert-OH is 1. The van der Waals surface area contributed by atoms with Gasteiger partial charge in [0.15, 0.2) is 0 Å². The summed E-state index contributed by atoms with van der Waals surface area (Å²) in [7, 11) is 0. The molecule has 1 rings (SSSR count). The van der Waals surface area contributed by atoms with E-state index in [2.05, 4.69) is 21.2 Å². The predicted octanol–water partition coefficient (Wildman–Crippen LogP) is 2.50. The molecule has 2 N–H and O–H groups in total. The van der Waals surface area contributed by atoms with Crippen LogP contribution in [0.1, 0.15) is 18.9 Å². The van der Waals surface area contributed by atoms with Crippen molar-refractivity contribution in [3.05, 3.63) is 34.1 Å². The number of nitrogens with zero attached hydrogens (tertiary/aromatic N) is 1. The number of nitrogens with one attached hydrogen (secondary N) is 1. The molecule has 0 saturated carbocycles. The Morgan fingerprint density at radius 2 is 2.21 bits per heavy atom. The maximum absolute atomic E-state index is 13.5. The van der Waals surface area contributed by atoms with E-state index in [0.717, 1.165) is 10.9 Å². The van der Waals surface area contributed by atoms with Gasteiger partial charge in [0.25, 0.3) is 0 Å². The molecule has 0 bridgehead atoms. The number of hydrogen-bond donors (Lipinski definition) is 2. The Kier molecular flexibility index (Phi) is 6.80. The minimum atomic E-state index is -0.354. The summed E-state index contributed by atoms with van der Waals surface area (Å²) in [6.07, 6.45) is 0.804. The van der Waals surface area contributed by atoms with Gasteiger partial charge in [0.2, 0.25) is 0 Å². The van der Waals surface area contributed by atoms with Gasteiger partial charge in [0.05, 0.1) is 6.61 Å². The van der Waals surface area contributed by atoms with E-state index in [9.17, 15) is 9.18 Å². The van der Waals surface area contributed by atoms with Crippen molar-refractivity contribution in [2.75, 3.05) is 19.7 Å². The monoisotopic (exact) mass is 332 g/mol. The van der Waals surface area contributed by atoms with Gasteiger partial charge in [-0.1, -0.05) is 22.9 Å². The maximum Gasteiger partial charge on any atom is 0.317 e. The van der Waals surface area contributed by atoms with Crippen molar-refractivity contribution in [3.63, 3.8) is 0 Å². The first-order valence-electron chi connectivity index (χ1n) is 6.16. The SMILES string of the molecule is CCCN(CCO)C(=O)NCc1cc(Br)ccc1F. The van der Waals surface area contributed by atoms with E-state index in [-0.39, 0.29) is 31.5 Å². The summed E-state index contributed by atoms with van der Waals surface area (Å²) in [6.45, 7) is 2.83. The number of halogens is 2. The maximum atomic E-state index is 13.5. The lowest BCUT2D eigenvalue weighted by Crippen LogP contribution is -2.41. The molecule has 0 spiro atoms.